The minimum atomic E-state index is 0.193. The molecule has 0 heterocycles. The fourth-order valence-corrected chi connectivity index (χ4v) is 1.97. The molecular formula is C15H24N2. The number of nitrogens with two attached hydrogens (primary N) is 1. The molecule has 1 aromatic rings. The van der Waals surface area contributed by atoms with Crippen molar-refractivity contribution in [3.05, 3.63) is 34.4 Å². The average molecular weight is 232 g/mol. The van der Waals surface area contributed by atoms with Crippen LogP contribution < -0.4 is 5.73 Å². The standard InChI is InChI=1S/C15H24N2/c1-10-7-12(15(3,4)5)8-11(2)13(10)9-14(16)17-6/h7-8H,9H2,1-6H3,(H2,16,17). The predicted molar refractivity (Wildman–Crippen MR) is 75.9 cm³/mol. The molecule has 2 nitrogen and oxygen atoms in total. The van der Waals surface area contributed by atoms with E-state index < -0.39 is 0 Å². The SMILES string of the molecule is CN=C(N)Cc1c(C)cc(C(C)(C)C)cc1C. The number of nitrogens with zero attached hydrogens (tertiary/aromatic N) is 1. The van der Waals surface area contributed by atoms with Gasteiger partial charge in [0, 0.05) is 13.5 Å². The van der Waals surface area contributed by atoms with E-state index in [2.05, 4.69) is 51.7 Å². The van der Waals surface area contributed by atoms with E-state index in [-0.39, 0.29) is 5.41 Å². The lowest BCUT2D eigenvalue weighted by atomic mass is 9.83. The van der Waals surface area contributed by atoms with E-state index in [1.807, 2.05) is 0 Å². The smallest absolute Gasteiger partial charge is 0.0978 e. The van der Waals surface area contributed by atoms with Crippen LogP contribution in [0.5, 0.6) is 0 Å². The highest BCUT2D eigenvalue weighted by Crippen LogP contribution is 2.27. The minimum absolute atomic E-state index is 0.193. The van der Waals surface area contributed by atoms with Gasteiger partial charge in [-0.3, -0.25) is 4.99 Å². The van der Waals surface area contributed by atoms with E-state index >= 15 is 0 Å². The molecule has 0 bridgehead atoms. The molecule has 0 fully saturated rings. The van der Waals surface area contributed by atoms with Crippen LogP contribution in [0, 0.1) is 13.8 Å². The van der Waals surface area contributed by atoms with E-state index in [1.54, 1.807) is 7.05 Å². The molecule has 0 saturated carbocycles. The molecule has 0 aromatic heterocycles. The summed E-state index contributed by atoms with van der Waals surface area (Å²) in [5, 5.41) is 0. The lowest BCUT2D eigenvalue weighted by Crippen LogP contribution is -2.17. The number of rotatable bonds is 2. The molecule has 0 spiro atoms. The van der Waals surface area contributed by atoms with Crippen molar-refractivity contribution in [1.29, 1.82) is 0 Å². The van der Waals surface area contributed by atoms with E-state index in [1.165, 1.54) is 22.3 Å². The van der Waals surface area contributed by atoms with Crippen molar-refractivity contribution in [1.82, 2.24) is 0 Å². The highest BCUT2D eigenvalue weighted by Gasteiger charge is 2.16. The molecule has 0 radical (unpaired) electrons. The molecule has 0 amide bonds. The molecule has 94 valence electrons. The quantitative estimate of drug-likeness (QED) is 0.617. The normalized spacial score (nSPS) is 12.9. The van der Waals surface area contributed by atoms with Crippen molar-refractivity contribution < 1.29 is 0 Å². The summed E-state index contributed by atoms with van der Waals surface area (Å²) in [6.45, 7) is 11.0. The van der Waals surface area contributed by atoms with Crippen LogP contribution >= 0.6 is 0 Å². The molecule has 1 rings (SSSR count). The third kappa shape index (κ3) is 3.32. The molecule has 0 aliphatic rings. The van der Waals surface area contributed by atoms with Crippen molar-refractivity contribution in [3.8, 4) is 0 Å². The minimum Gasteiger partial charge on any atom is -0.387 e. The highest BCUT2D eigenvalue weighted by atomic mass is 14.8. The van der Waals surface area contributed by atoms with E-state index in [9.17, 15) is 0 Å². The van der Waals surface area contributed by atoms with Gasteiger partial charge in [0.15, 0.2) is 0 Å². The van der Waals surface area contributed by atoms with Crippen LogP contribution in [0.1, 0.15) is 43.0 Å². The number of aryl methyl sites for hydroxylation is 2. The second-order valence-electron chi connectivity index (χ2n) is 5.73. The summed E-state index contributed by atoms with van der Waals surface area (Å²) in [6, 6.07) is 4.54. The van der Waals surface area contributed by atoms with Crippen LogP contribution in [0.2, 0.25) is 0 Å². The van der Waals surface area contributed by atoms with Gasteiger partial charge in [-0.05, 0) is 41.5 Å². The molecule has 0 saturated heterocycles. The van der Waals surface area contributed by atoms with Crippen LogP contribution in [0.3, 0.4) is 0 Å². The summed E-state index contributed by atoms with van der Waals surface area (Å²) in [7, 11) is 1.74. The summed E-state index contributed by atoms with van der Waals surface area (Å²) in [4.78, 5) is 4.03. The second-order valence-corrected chi connectivity index (χ2v) is 5.73. The Kier molecular flexibility index (Phi) is 3.97. The number of benzene rings is 1. The Morgan fingerprint density at radius 2 is 1.65 bits per heavy atom. The van der Waals surface area contributed by atoms with Crippen LogP contribution in [0.4, 0.5) is 0 Å². The van der Waals surface area contributed by atoms with Crippen LogP contribution in [-0.4, -0.2) is 12.9 Å². The van der Waals surface area contributed by atoms with Gasteiger partial charge in [0.2, 0.25) is 0 Å². The van der Waals surface area contributed by atoms with Crippen molar-refractivity contribution in [2.45, 2.75) is 46.5 Å². The Morgan fingerprint density at radius 1 is 1.18 bits per heavy atom. The van der Waals surface area contributed by atoms with Crippen molar-refractivity contribution in [2.75, 3.05) is 7.05 Å². The molecule has 0 aliphatic carbocycles. The van der Waals surface area contributed by atoms with Crippen LogP contribution in [0.25, 0.3) is 0 Å². The van der Waals surface area contributed by atoms with Crippen molar-refractivity contribution >= 4 is 5.84 Å². The van der Waals surface area contributed by atoms with Gasteiger partial charge in [-0.25, -0.2) is 0 Å². The van der Waals surface area contributed by atoms with Gasteiger partial charge >= 0.3 is 0 Å². The van der Waals surface area contributed by atoms with Gasteiger partial charge in [0.1, 0.15) is 0 Å². The van der Waals surface area contributed by atoms with Crippen LogP contribution in [0.15, 0.2) is 17.1 Å². The maximum absolute atomic E-state index is 5.82. The molecule has 1 aromatic carbocycles. The summed E-state index contributed by atoms with van der Waals surface area (Å²) in [5.74, 6) is 0.694. The van der Waals surface area contributed by atoms with Gasteiger partial charge in [0.05, 0.1) is 5.84 Å². The third-order valence-electron chi connectivity index (χ3n) is 3.21. The zero-order valence-corrected chi connectivity index (χ0v) is 11.9. The molecule has 0 atom stereocenters. The zero-order valence-electron chi connectivity index (χ0n) is 11.9. The van der Waals surface area contributed by atoms with Gasteiger partial charge in [0.25, 0.3) is 0 Å². The zero-order chi connectivity index (χ0) is 13.2. The highest BCUT2D eigenvalue weighted by molar-refractivity contribution is 5.83. The molecule has 2 N–H and O–H groups in total. The molecule has 17 heavy (non-hydrogen) atoms. The Labute approximate surface area is 105 Å². The van der Waals surface area contributed by atoms with Gasteiger partial charge < -0.3 is 5.73 Å². The molecule has 0 unspecified atom stereocenters. The summed E-state index contributed by atoms with van der Waals surface area (Å²) >= 11 is 0. The molecule has 2 heteroatoms. The Morgan fingerprint density at radius 3 is 2.00 bits per heavy atom. The Bertz CT molecular complexity index is 414. The Balaban J connectivity index is 3.20. The monoisotopic (exact) mass is 232 g/mol. The van der Waals surface area contributed by atoms with Gasteiger partial charge in [-0.1, -0.05) is 32.9 Å². The molecular weight excluding hydrogens is 208 g/mol. The summed E-state index contributed by atoms with van der Waals surface area (Å²) in [6.07, 6.45) is 0.749. The van der Waals surface area contributed by atoms with Gasteiger partial charge in [-0.2, -0.15) is 0 Å². The van der Waals surface area contributed by atoms with Crippen molar-refractivity contribution in [3.63, 3.8) is 0 Å². The maximum Gasteiger partial charge on any atom is 0.0978 e. The maximum atomic E-state index is 5.82. The first-order valence-corrected chi connectivity index (χ1v) is 6.07. The number of aliphatic imine (C=N–C) groups is 1. The lowest BCUT2D eigenvalue weighted by Gasteiger charge is -2.22. The average Bonchev–Trinajstić information content (AvgIpc) is 2.21. The van der Waals surface area contributed by atoms with Crippen molar-refractivity contribution in [2.24, 2.45) is 10.7 Å². The van der Waals surface area contributed by atoms with E-state index in [0.717, 1.165) is 6.42 Å². The summed E-state index contributed by atoms with van der Waals surface area (Å²) in [5.41, 5.74) is 11.3. The summed E-state index contributed by atoms with van der Waals surface area (Å²) < 4.78 is 0. The van der Waals surface area contributed by atoms with E-state index in [0.29, 0.717) is 5.84 Å². The fourth-order valence-electron chi connectivity index (χ4n) is 1.97. The largest absolute Gasteiger partial charge is 0.387 e. The number of amidine groups is 1. The first-order valence-electron chi connectivity index (χ1n) is 6.07. The first kappa shape index (κ1) is 13.8. The first-order chi connectivity index (χ1) is 7.75. The number of hydrogen-bond donors (Lipinski definition) is 1. The van der Waals surface area contributed by atoms with E-state index in [4.69, 9.17) is 5.73 Å². The second kappa shape index (κ2) is 4.91. The lowest BCUT2D eigenvalue weighted by molar-refractivity contribution is 0.589. The van der Waals surface area contributed by atoms with Gasteiger partial charge in [-0.15, -0.1) is 0 Å². The topological polar surface area (TPSA) is 38.4 Å². The molecule has 0 aliphatic heterocycles. The Hall–Kier alpha value is -1.31. The number of hydrogen-bond acceptors (Lipinski definition) is 1. The third-order valence-corrected chi connectivity index (χ3v) is 3.21. The fraction of sp³-hybridized carbons (Fsp3) is 0.533. The predicted octanol–water partition coefficient (Wildman–Crippen LogP) is 3.13. The van der Waals surface area contributed by atoms with Crippen LogP contribution in [-0.2, 0) is 11.8 Å².